The Kier molecular flexibility index (Phi) is 6.94. The zero-order chi connectivity index (χ0) is 30.0. The second-order valence-electron chi connectivity index (χ2n) is 11.8. The van der Waals surface area contributed by atoms with Crippen molar-refractivity contribution < 1.29 is 34.4 Å². The van der Waals surface area contributed by atoms with Crippen LogP contribution in [0.15, 0.2) is 23.6 Å². The molecule has 226 valence electrons. The topological polar surface area (TPSA) is 136 Å². The minimum absolute atomic E-state index is 0.0614. The zero-order valence-electron chi connectivity index (χ0n) is 24.1. The van der Waals surface area contributed by atoms with E-state index in [2.05, 4.69) is 21.7 Å². The Hall–Kier alpha value is -3.55. The number of benzene rings is 2. The molecule has 1 aromatic heterocycles. The van der Waals surface area contributed by atoms with Crippen molar-refractivity contribution in [1.82, 2.24) is 14.8 Å². The molecular weight excluding hydrogens is 572 g/mol. The Morgan fingerprint density at radius 2 is 1.72 bits per heavy atom. The number of anilines is 1. The lowest BCUT2D eigenvalue weighted by Gasteiger charge is -2.44. The number of aliphatic hydroxyl groups is 1. The number of nitrogens with zero attached hydrogens (tertiary/aromatic N) is 4. The van der Waals surface area contributed by atoms with Crippen molar-refractivity contribution in [3.05, 3.63) is 62.7 Å². The summed E-state index contributed by atoms with van der Waals surface area (Å²) in [6.45, 7) is 5.52. The number of phenolic OH excluding ortho intramolecular Hbond substituents is 2. The van der Waals surface area contributed by atoms with E-state index in [1.54, 1.807) is 12.1 Å². The molecule has 2 saturated heterocycles. The van der Waals surface area contributed by atoms with Crippen LogP contribution in [0.4, 0.5) is 5.13 Å². The number of rotatable bonds is 4. The lowest BCUT2D eigenvalue weighted by Crippen LogP contribution is -2.46. The van der Waals surface area contributed by atoms with Crippen molar-refractivity contribution >= 4 is 28.0 Å². The van der Waals surface area contributed by atoms with Gasteiger partial charge in [0.15, 0.2) is 10.9 Å². The highest BCUT2D eigenvalue weighted by Gasteiger charge is 2.49. The first kappa shape index (κ1) is 28.2. The molecule has 2 atom stereocenters. The number of carbonyl (C=O) groups excluding carboxylic acids is 2. The maximum absolute atomic E-state index is 13.9. The smallest absolute Gasteiger partial charge is 0.202 e. The number of thiazole rings is 1. The molecule has 7 rings (SSSR count). The zero-order valence-corrected chi connectivity index (χ0v) is 24.9. The predicted molar refractivity (Wildman–Crippen MR) is 159 cm³/mol. The number of hydrogen-bond acceptors (Lipinski definition) is 12. The SMILES string of the molecule is COc1cccc2c1C(=O)c1c(O)c3c(c(O)c1C2=O)CC(O)(c1csc(N2CCN(C)CC2)n1)CC3N1CCOCC1. The normalized spacial score (nSPS) is 24.4. The minimum atomic E-state index is -1.49. The Morgan fingerprint density at radius 1 is 1.00 bits per heavy atom. The average molecular weight is 607 g/mol. The van der Waals surface area contributed by atoms with Gasteiger partial charge in [0.05, 0.1) is 42.7 Å². The van der Waals surface area contributed by atoms with Crippen molar-refractivity contribution in [2.24, 2.45) is 0 Å². The third-order valence-corrected chi connectivity index (χ3v) is 10.2. The van der Waals surface area contributed by atoms with Crippen molar-refractivity contribution in [3.63, 3.8) is 0 Å². The standard InChI is InChI=1S/C31H34N4O7S/c1-33-6-8-35(9-7-33)30-32-21(16-43-30)31(40)14-18-22(19(15-31)34-10-12-42-13-11-34)28(38)25-24(27(18)37)26(36)17-4-3-5-20(41-2)23(17)29(25)39/h3-5,16,19,37-38,40H,6-15H2,1-2H3. The summed E-state index contributed by atoms with van der Waals surface area (Å²) in [4.78, 5) is 39.1. The van der Waals surface area contributed by atoms with Crippen molar-refractivity contribution in [2.75, 3.05) is 71.5 Å². The summed E-state index contributed by atoms with van der Waals surface area (Å²) < 4.78 is 11.0. The summed E-state index contributed by atoms with van der Waals surface area (Å²) in [6, 6.07) is 4.14. The van der Waals surface area contributed by atoms with Crippen LogP contribution in [0.1, 0.15) is 61.1 Å². The van der Waals surface area contributed by atoms with E-state index in [1.807, 2.05) is 5.38 Å². The first-order valence-corrected chi connectivity index (χ1v) is 15.4. The van der Waals surface area contributed by atoms with Crippen molar-refractivity contribution in [2.45, 2.75) is 24.5 Å². The maximum Gasteiger partial charge on any atom is 0.202 e. The first-order chi connectivity index (χ1) is 20.7. The van der Waals surface area contributed by atoms with Gasteiger partial charge >= 0.3 is 0 Å². The van der Waals surface area contributed by atoms with Gasteiger partial charge in [-0.25, -0.2) is 4.98 Å². The van der Waals surface area contributed by atoms with Crippen molar-refractivity contribution in [1.29, 1.82) is 0 Å². The predicted octanol–water partition coefficient (Wildman–Crippen LogP) is 2.30. The van der Waals surface area contributed by atoms with Gasteiger partial charge in [-0.1, -0.05) is 12.1 Å². The van der Waals surface area contributed by atoms with E-state index >= 15 is 0 Å². The summed E-state index contributed by atoms with van der Waals surface area (Å²) >= 11 is 1.47. The van der Waals surface area contributed by atoms with Gasteiger partial charge in [-0.15, -0.1) is 11.3 Å². The fraction of sp³-hybridized carbons (Fsp3) is 0.452. The molecule has 0 bridgehead atoms. The Labute approximate surface area is 252 Å². The number of hydrogen-bond donors (Lipinski definition) is 3. The van der Waals surface area contributed by atoms with Crippen LogP contribution in [0.2, 0.25) is 0 Å². The molecule has 2 fully saturated rings. The van der Waals surface area contributed by atoms with Gasteiger partial charge in [0.2, 0.25) is 5.78 Å². The molecule has 3 N–H and O–H groups in total. The number of piperazine rings is 1. The molecule has 2 unspecified atom stereocenters. The highest BCUT2D eigenvalue weighted by atomic mass is 32.1. The van der Waals surface area contributed by atoms with Crippen LogP contribution in [-0.4, -0.2) is 108 Å². The maximum atomic E-state index is 13.9. The van der Waals surface area contributed by atoms with E-state index in [4.69, 9.17) is 14.5 Å². The van der Waals surface area contributed by atoms with E-state index in [0.29, 0.717) is 37.6 Å². The third kappa shape index (κ3) is 4.42. The molecule has 0 amide bonds. The molecule has 2 aliphatic carbocycles. The lowest BCUT2D eigenvalue weighted by atomic mass is 9.71. The highest BCUT2D eigenvalue weighted by molar-refractivity contribution is 7.13. The van der Waals surface area contributed by atoms with Crippen LogP contribution in [0.5, 0.6) is 17.2 Å². The number of methoxy groups -OCH3 is 1. The molecule has 3 heterocycles. The molecular formula is C31H34N4O7S. The summed E-state index contributed by atoms with van der Waals surface area (Å²) in [5, 5.41) is 38.6. The van der Waals surface area contributed by atoms with Gasteiger partial charge in [-0.3, -0.25) is 14.5 Å². The molecule has 0 spiro atoms. The molecule has 4 aliphatic rings. The number of aromatic nitrogens is 1. The van der Waals surface area contributed by atoms with Crippen LogP contribution < -0.4 is 9.64 Å². The molecule has 3 aromatic rings. The largest absolute Gasteiger partial charge is 0.507 e. The minimum Gasteiger partial charge on any atom is -0.507 e. The van der Waals surface area contributed by atoms with Crippen LogP contribution in [0.3, 0.4) is 0 Å². The van der Waals surface area contributed by atoms with Gasteiger partial charge in [0, 0.05) is 80.2 Å². The van der Waals surface area contributed by atoms with Gasteiger partial charge in [-0.2, -0.15) is 0 Å². The molecule has 0 radical (unpaired) electrons. The third-order valence-electron chi connectivity index (χ3n) is 9.32. The van der Waals surface area contributed by atoms with Gasteiger partial charge < -0.3 is 34.6 Å². The number of ketones is 2. The van der Waals surface area contributed by atoms with E-state index in [1.165, 1.54) is 24.5 Å². The second-order valence-corrected chi connectivity index (χ2v) is 12.6. The molecule has 2 aromatic carbocycles. The highest BCUT2D eigenvalue weighted by Crippen LogP contribution is 2.54. The molecule has 43 heavy (non-hydrogen) atoms. The number of morpholine rings is 1. The van der Waals surface area contributed by atoms with Crippen molar-refractivity contribution in [3.8, 4) is 17.2 Å². The number of phenols is 2. The van der Waals surface area contributed by atoms with Crippen LogP contribution in [0.25, 0.3) is 0 Å². The Balaban J connectivity index is 1.36. The molecule has 11 nitrogen and oxygen atoms in total. The summed E-state index contributed by atoms with van der Waals surface area (Å²) in [5.74, 6) is -1.68. The van der Waals surface area contributed by atoms with E-state index < -0.39 is 23.2 Å². The first-order valence-electron chi connectivity index (χ1n) is 14.5. The number of ether oxygens (including phenoxy) is 2. The number of likely N-dealkylation sites (N-methyl/N-ethyl adjacent to an activating group) is 1. The Morgan fingerprint density at radius 3 is 2.44 bits per heavy atom. The van der Waals surface area contributed by atoms with E-state index in [0.717, 1.165) is 31.3 Å². The summed E-state index contributed by atoms with van der Waals surface area (Å²) in [6.07, 6.45) is 0.105. The fourth-order valence-electron chi connectivity index (χ4n) is 6.96. The van der Waals surface area contributed by atoms with Crippen LogP contribution in [0, 0.1) is 0 Å². The van der Waals surface area contributed by atoms with E-state index in [9.17, 15) is 24.9 Å². The van der Waals surface area contributed by atoms with Gasteiger partial charge in [0.1, 0.15) is 22.8 Å². The summed E-state index contributed by atoms with van der Waals surface area (Å²) in [5.41, 5.74) is -0.705. The number of fused-ring (bicyclic) bond motifs is 3. The average Bonchev–Trinajstić information content (AvgIpc) is 3.53. The monoisotopic (exact) mass is 606 g/mol. The second kappa shape index (κ2) is 10.6. The molecule has 0 saturated carbocycles. The molecule has 2 aliphatic heterocycles. The van der Waals surface area contributed by atoms with E-state index in [-0.39, 0.29) is 57.9 Å². The number of aromatic hydroxyl groups is 2. The Bertz CT molecular complexity index is 1630. The van der Waals surface area contributed by atoms with Gasteiger partial charge in [-0.05, 0) is 13.1 Å². The van der Waals surface area contributed by atoms with Gasteiger partial charge in [0.25, 0.3) is 0 Å². The van der Waals surface area contributed by atoms with Crippen LogP contribution in [-0.2, 0) is 16.8 Å². The fourth-order valence-corrected chi connectivity index (χ4v) is 7.93. The lowest BCUT2D eigenvalue weighted by molar-refractivity contribution is -0.0427. The quantitative estimate of drug-likeness (QED) is 0.295. The number of carbonyl (C=O) groups is 2. The van der Waals surface area contributed by atoms with Crippen LogP contribution >= 0.6 is 11.3 Å². The summed E-state index contributed by atoms with van der Waals surface area (Å²) in [7, 11) is 3.50. The molecule has 12 heteroatoms.